The van der Waals surface area contributed by atoms with Crippen LogP contribution in [0, 0.1) is 5.92 Å². The van der Waals surface area contributed by atoms with Crippen LogP contribution < -0.4 is 10.6 Å². The zero-order valence-electron chi connectivity index (χ0n) is 16.1. The lowest BCUT2D eigenvalue weighted by atomic mass is 9.79. The molecule has 26 heavy (non-hydrogen) atoms. The Morgan fingerprint density at radius 3 is 2.46 bits per heavy atom. The molecule has 1 rings (SSSR count). The van der Waals surface area contributed by atoms with Crippen LogP contribution in [-0.2, 0) is 14.3 Å². The highest BCUT2D eigenvalue weighted by Gasteiger charge is 2.34. The number of rotatable bonds is 7. The maximum atomic E-state index is 12.0. The lowest BCUT2D eigenvalue weighted by Gasteiger charge is -2.36. The molecule has 0 aromatic carbocycles. The molecule has 3 unspecified atom stereocenters. The molecule has 0 aromatic heterocycles. The van der Waals surface area contributed by atoms with E-state index in [0.29, 0.717) is 19.3 Å². The number of nitrogens with one attached hydrogen (secondary N) is 2. The van der Waals surface area contributed by atoms with E-state index in [4.69, 9.17) is 9.84 Å². The van der Waals surface area contributed by atoms with Crippen LogP contribution in [0.15, 0.2) is 0 Å². The number of carboxylic acids is 1. The van der Waals surface area contributed by atoms with Crippen LogP contribution >= 0.6 is 0 Å². The van der Waals surface area contributed by atoms with Crippen molar-refractivity contribution in [3.05, 3.63) is 0 Å². The fourth-order valence-electron chi connectivity index (χ4n) is 3.14. The number of carbonyl (C=O) groups is 3. The number of aliphatic hydroxyl groups excluding tert-OH is 1. The monoisotopic (exact) mass is 372 g/mol. The third-order valence-corrected chi connectivity index (χ3v) is 4.41. The Hall–Kier alpha value is -1.83. The molecule has 2 amide bonds. The highest BCUT2D eigenvalue weighted by molar-refractivity contribution is 5.83. The molecule has 1 aliphatic rings. The summed E-state index contributed by atoms with van der Waals surface area (Å²) in [6.45, 7) is 6.74. The van der Waals surface area contributed by atoms with Gasteiger partial charge in [0.15, 0.2) is 0 Å². The molecule has 0 saturated heterocycles. The van der Waals surface area contributed by atoms with Gasteiger partial charge in [-0.2, -0.15) is 0 Å². The summed E-state index contributed by atoms with van der Waals surface area (Å²) in [6, 6.07) is -1.32. The third-order valence-electron chi connectivity index (χ3n) is 4.41. The Labute approximate surface area is 154 Å². The fraction of sp³-hybridized carbons (Fsp3) is 0.833. The molecule has 8 nitrogen and oxygen atoms in total. The molecule has 4 atom stereocenters. The zero-order valence-corrected chi connectivity index (χ0v) is 16.1. The number of aliphatic hydroxyl groups is 1. The average Bonchev–Trinajstić information content (AvgIpc) is 2.48. The molecule has 8 heteroatoms. The third kappa shape index (κ3) is 8.03. The fourth-order valence-corrected chi connectivity index (χ4v) is 3.14. The van der Waals surface area contributed by atoms with E-state index < -0.39 is 35.9 Å². The summed E-state index contributed by atoms with van der Waals surface area (Å²) in [5, 5.41) is 24.2. The number of alkyl carbamates (subject to hydrolysis) is 1. The van der Waals surface area contributed by atoms with Crippen LogP contribution in [0.1, 0.15) is 66.2 Å². The summed E-state index contributed by atoms with van der Waals surface area (Å²) < 4.78 is 5.27. The number of amides is 2. The Balaban J connectivity index is 2.50. The van der Waals surface area contributed by atoms with Gasteiger partial charge in [-0.3, -0.25) is 9.59 Å². The van der Waals surface area contributed by atoms with Gasteiger partial charge in [0, 0.05) is 6.42 Å². The first-order chi connectivity index (χ1) is 12.0. The van der Waals surface area contributed by atoms with Crippen molar-refractivity contribution in [2.45, 2.75) is 90.0 Å². The van der Waals surface area contributed by atoms with Crippen molar-refractivity contribution in [1.82, 2.24) is 10.6 Å². The van der Waals surface area contributed by atoms with Gasteiger partial charge >= 0.3 is 12.1 Å². The topological polar surface area (TPSA) is 125 Å². The van der Waals surface area contributed by atoms with E-state index in [9.17, 15) is 19.5 Å². The van der Waals surface area contributed by atoms with E-state index in [1.54, 1.807) is 20.8 Å². The van der Waals surface area contributed by atoms with Crippen LogP contribution in [0.25, 0.3) is 0 Å². The van der Waals surface area contributed by atoms with Gasteiger partial charge in [-0.25, -0.2) is 4.79 Å². The predicted molar refractivity (Wildman–Crippen MR) is 95.6 cm³/mol. The quantitative estimate of drug-likeness (QED) is 0.540. The first-order valence-corrected chi connectivity index (χ1v) is 9.19. The number of ether oxygens (including phenoxy) is 1. The predicted octanol–water partition coefficient (Wildman–Crippen LogP) is 1.80. The number of carbonyl (C=O) groups excluding carboxylic acids is 2. The maximum absolute atomic E-state index is 12.0. The number of hydrogen-bond acceptors (Lipinski definition) is 5. The lowest BCUT2D eigenvalue weighted by molar-refractivity contribution is -0.141. The van der Waals surface area contributed by atoms with Gasteiger partial charge < -0.3 is 25.6 Å². The van der Waals surface area contributed by atoms with Gasteiger partial charge in [-0.05, 0) is 59.3 Å². The Morgan fingerprint density at radius 2 is 1.88 bits per heavy atom. The van der Waals surface area contributed by atoms with Gasteiger partial charge in [-0.15, -0.1) is 0 Å². The van der Waals surface area contributed by atoms with Gasteiger partial charge in [-0.1, -0.05) is 6.42 Å². The molecule has 4 N–H and O–H groups in total. The summed E-state index contributed by atoms with van der Waals surface area (Å²) >= 11 is 0. The van der Waals surface area contributed by atoms with E-state index in [-0.39, 0.29) is 18.2 Å². The summed E-state index contributed by atoms with van der Waals surface area (Å²) in [5.41, 5.74) is -0.613. The van der Waals surface area contributed by atoms with Crippen molar-refractivity contribution >= 4 is 18.0 Å². The Bertz CT molecular complexity index is 502. The van der Waals surface area contributed by atoms with Crippen LogP contribution in [0.2, 0.25) is 0 Å². The summed E-state index contributed by atoms with van der Waals surface area (Å²) in [5.74, 6) is -1.33. The summed E-state index contributed by atoms with van der Waals surface area (Å²) in [4.78, 5) is 34.5. The standard InChI is InChI=1S/C18H32N2O6/c1-11(16(23)24)19-14(22)10-6-8-12-7-5-9-13(21)15(12)20-17(25)26-18(2,3)4/h11-13,15,21H,5-10H2,1-4H3,(H,19,22)(H,20,25)(H,23,24)/t11-,12?,13?,15?/m0/s1. The summed E-state index contributed by atoms with van der Waals surface area (Å²) in [6.07, 6.45) is 2.57. The van der Waals surface area contributed by atoms with E-state index in [1.807, 2.05) is 0 Å². The van der Waals surface area contributed by atoms with Crippen molar-refractivity contribution in [2.75, 3.05) is 0 Å². The number of hydrogen-bond donors (Lipinski definition) is 4. The molecule has 0 spiro atoms. The lowest BCUT2D eigenvalue weighted by Crippen LogP contribution is -2.51. The van der Waals surface area contributed by atoms with Crippen LogP contribution in [-0.4, -0.2) is 52.0 Å². The molecular weight excluding hydrogens is 340 g/mol. The highest BCUT2D eigenvalue weighted by Crippen LogP contribution is 2.29. The van der Waals surface area contributed by atoms with Gasteiger partial charge in [0.25, 0.3) is 0 Å². The van der Waals surface area contributed by atoms with Crippen LogP contribution in [0.5, 0.6) is 0 Å². The van der Waals surface area contributed by atoms with Gasteiger partial charge in [0.1, 0.15) is 11.6 Å². The Morgan fingerprint density at radius 1 is 1.23 bits per heavy atom. The normalized spacial score (nSPS) is 24.4. The second-order valence-corrected chi connectivity index (χ2v) is 7.95. The number of carboxylic acid groups (broad SMARTS) is 1. The van der Waals surface area contributed by atoms with Crippen LogP contribution in [0.4, 0.5) is 4.79 Å². The van der Waals surface area contributed by atoms with Gasteiger partial charge in [0.05, 0.1) is 12.1 Å². The smallest absolute Gasteiger partial charge is 0.407 e. The molecule has 0 radical (unpaired) electrons. The average molecular weight is 372 g/mol. The second kappa shape index (κ2) is 9.75. The molecule has 0 aliphatic heterocycles. The molecular formula is C18H32N2O6. The zero-order chi connectivity index (χ0) is 19.9. The van der Waals surface area contributed by atoms with E-state index in [2.05, 4.69) is 10.6 Å². The van der Waals surface area contributed by atoms with Crippen molar-refractivity contribution in [1.29, 1.82) is 0 Å². The minimum atomic E-state index is -1.07. The maximum Gasteiger partial charge on any atom is 0.407 e. The van der Waals surface area contributed by atoms with Gasteiger partial charge in [0.2, 0.25) is 5.91 Å². The minimum absolute atomic E-state index is 0.0518. The van der Waals surface area contributed by atoms with Crippen molar-refractivity contribution in [3.63, 3.8) is 0 Å². The van der Waals surface area contributed by atoms with Crippen LogP contribution in [0.3, 0.4) is 0 Å². The van der Waals surface area contributed by atoms with Crippen molar-refractivity contribution < 1.29 is 29.3 Å². The molecule has 1 fully saturated rings. The molecule has 0 bridgehead atoms. The first-order valence-electron chi connectivity index (χ1n) is 9.19. The molecule has 0 heterocycles. The molecule has 150 valence electrons. The van der Waals surface area contributed by atoms with E-state index in [0.717, 1.165) is 12.8 Å². The highest BCUT2D eigenvalue weighted by atomic mass is 16.6. The SMILES string of the molecule is C[C@H](NC(=O)CCCC1CCCC(O)C1NC(=O)OC(C)(C)C)C(=O)O. The Kier molecular flexibility index (Phi) is 8.33. The largest absolute Gasteiger partial charge is 0.480 e. The second-order valence-electron chi connectivity index (χ2n) is 7.95. The minimum Gasteiger partial charge on any atom is -0.480 e. The number of aliphatic carboxylic acids is 1. The van der Waals surface area contributed by atoms with Crippen molar-refractivity contribution in [2.24, 2.45) is 5.92 Å². The summed E-state index contributed by atoms with van der Waals surface area (Å²) in [7, 11) is 0. The molecule has 1 aliphatic carbocycles. The van der Waals surface area contributed by atoms with Crippen molar-refractivity contribution in [3.8, 4) is 0 Å². The molecule has 1 saturated carbocycles. The van der Waals surface area contributed by atoms with E-state index in [1.165, 1.54) is 6.92 Å². The molecule has 0 aromatic rings. The van der Waals surface area contributed by atoms with E-state index >= 15 is 0 Å². The first kappa shape index (κ1) is 22.2.